The second kappa shape index (κ2) is 5.23. The minimum Gasteiger partial charge on any atom is -0.372 e. The molecular formula is C15H12ClN3O3S. The van der Waals surface area contributed by atoms with Gasteiger partial charge in [-0.1, -0.05) is 23.7 Å². The van der Waals surface area contributed by atoms with Crippen molar-refractivity contribution in [2.45, 2.75) is 18.2 Å². The average molecular weight is 350 g/mol. The standard InChI is InChI=1S/C15H12ClN3O3S/c16-14-15(19-6-2-1-3-13(19)17-14)23(20,21)18-12-5-4-10-8-22-9-11(10)7-12/h1-7,18H,8-9H2. The summed E-state index contributed by atoms with van der Waals surface area (Å²) in [6, 6.07) is 10.5. The molecule has 0 spiro atoms. The summed E-state index contributed by atoms with van der Waals surface area (Å²) in [5.74, 6) is 0. The lowest BCUT2D eigenvalue weighted by Crippen LogP contribution is -2.15. The van der Waals surface area contributed by atoms with Crippen LogP contribution in [0.4, 0.5) is 5.69 Å². The Morgan fingerprint density at radius 3 is 2.87 bits per heavy atom. The molecule has 1 aliphatic heterocycles. The van der Waals surface area contributed by atoms with Gasteiger partial charge in [0, 0.05) is 11.9 Å². The van der Waals surface area contributed by atoms with E-state index in [4.69, 9.17) is 16.3 Å². The number of nitrogens with one attached hydrogen (secondary N) is 1. The summed E-state index contributed by atoms with van der Waals surface area (Å²) < 4.78 is 34.8. The Morgan fingerprint density at radius 2 is 2.00 bits per heavy atom. The predicted octanol–water partition coefficient (Wildman–Crippen LogP) is 2.82. The maximum absolute atomic E-state index is 12.7. The first-order valence-electron chi connectivity index (χ1n) is 6.89. The number of nitrogens with zero attached hydrogens (tertiary/aromatic N) is 2. The van der Waals surface area contributed by atoms with E-state index in [1.807, 2.05) is 6.07 Å². The molecule has 3 aromatic rings. The van der Waals surface area contributed by atoms with Gasteiger partial charge in [0.25, 0.3) is 10.0 Å². The third-order valence-electron chi connectivity index (χ3n) is 3.67. The lowest BCUT2D eigenvalue weighted by molar-refractivity contribution is 0.134. The van der Waals surface area contributed by atoms with E-state index in [1.165, 1.54) is 4.40 Å². The molecule has 6 nitrogen and oxygen atoms in total. The first-order valence-corrected chi connectivity index (χ1v) is 8.76. The molecular weight excluding hydrogens is 338 g/mol. The van der Waals surface area contributed by atoms with Crippen LogP contribution in [0.3, 0.4) is 0 Å². The van der Waals surface area contributed by atoms with Gasteiger partial charge >= 0.3 is 0 Å². The number of anilines is 1. The highest BCUT2D eigenvalue weighted by Gasteiger charge is 2.25. The van der Waals surface area contributed by atoms with Crippen molar-refractivity contribution in [3.8, 4) is 0 Å². The molecule has 0 saturated heterocycles. The van der Waals surface area contributed by atoms with Crippen molar-refractivity contribution in [2.24, 2.45) is 0 Å². The van der Waals surface area contributed by atoms with Crippen molar-refractivity contribution >= 4 is 33.0 Å². The van der Waals surface area contributed by atoms with E-state index < -0.39 is 10.0 Å². The highest BCUT2D eigenvalue weighted by atomic mass is 35.5. The van der Waals surface area contributed by atoms with Crippen LogP contribution >= 0.6 is 11.6 Å². The second-order valence-corrected chi connectivity index (χ2v) is 7.17. The van der Waals surface area contributed by atoms with Crippen LogP contribution in [0.5, 0.6) is 0 Å². The number of hydrogen-bond donors (Lipinski definition) is 1. The summed E-state index contributed by atoms with van der Waals surface area (Å²) in [6.07, 6.45) is 1.61. The van der Waals surface area contributed by atoms with E-state index in [0.717, 1.165) is 11.1 Å². The highest BCUT2D eigenvalue weighted by molar-refractivity contribution is 7.92. The first kappa shape index (κ1) is 14.5. The normalized spacial score (nSPS) is 14.1. The van der Waals surface area contributed by atoms with Gasteiger partial charge in [0.2, 0.25) is 0 Å². The molecule has 8 heteroatoms. The van der Waals surface area contributed by atoms with Gasteiger partial charge in [-0.3, -0.25) is 9.12 Å². The number of benzene rings is 1. The molecule has 1 aliphatic rings. The molecule has 118 valence electrons. The van der Waals surface area contributed by atoms with Crippen molar-refractivity contribution in [3.63, 3.8) is 0 Å². The largest absolute Gasteiger partial charge is 0.372 e. The van der Waals surface area contributed by atoms with Crippen LogP contribution in [0.1, 0.15) is 11.1 Å². The summed E-state index contributed by atoms with van der Waals surface area (Å²) in [4.78, 5) is 4.07. The lowest BCUT2D eigenvalue weighted by Gasteiger charge is -2.09. The molecule has 0 radical (unpaired) electrons. The molecule has 1 aromatic carbocycles. The Balaban J connectivity index is 1.76. The minimum atomic E-state index is -3.87. The van der Waals surface area contributed by atoms with Crippen molar-refractivity contribution in [2.75, 3.05) is 4.72 Å². The second-order valence-electron chi connectivity index (χ2n) is 5.22. The van der Waals surface area contributed by atoms with Crippen molar-refractivity contribution in [1.82, 2.24) is 9.38 Å². The zero-order valence-corrected chi connectivity index (χ0v) is 13.4. The third kappa shape index (κ3) is 2.46. The molecule has 4 rings (SSSR count). The Hall–Kier alpha value is -2.09. The first-order chi connectivity index (χ1) is 11.0. The monoisotopic (exact) mass is 349 g/mol. The van der Waals surface area contributed by atoms with Crippen LogP contribution in [0, 0.1) is 0 Å². The molecule has 23 heavy (non-hydrogen) atoms. The summed E-state index contributed by atoms with van der Waals surface area (Å²) in [7, 11) is -3.87. The van der Waals surface area contributed by atoms with Gasteiger partial charge in [-0.25, -0.2) is 4.98 Å². The molecule has 0 aliphatic carbocycles. The van der Waals surface area contributed by atoms with Gasteiger partial charge in [-0.05, 0) is 35.4 Å². The summed E-state index contributed by atoms with van der Waals surface area (Å²) >= 11 is 6.04. The number of rotatable bonds is 3. The van der Waals surface area contributed by atoms with Gasteiger partial charge in [0.05, 0.1) is 13.2 Å². The Labute approximate surface area is 137 Å². The Morgan fingerprint density at radius 1 is 1.17 bits per heavy atom. The molecule has 0 bridgehead atoms. The van der Waals surface area contributed by atoms with Crippen LogP contribution in [0.2, 0.25) is 5.15 Å². The topological polar surface area (TPSA) is 72.7 Å². The predicted molar refractivity (Wildman–Crippen MR) is 85.9 cm³/mol. The van der Waals surface area contributed by atoms with Gasteiger partial charge < -0.3 is 4.74 Å². The number of imidazole rings is 1. The Bertz CT molecular complexity index is 1010. The molecule has 0 fully saturated rings. The summed E-state index contributed by atoms with van der Waals surface area (Å²) in [5.41, 5.74) is 2.99. The number of aromatic nitrogens is 2. The third-order valence-corrected chi connectivity index (χ3v) is 5.45. The number of fused-ring (bicyclic) bond motifs is 2. The van der Waals surface area contributed by atoms with Crippen LogP contribution < -0.4 is 4.72 Å². The van der Waals surface area contributed by atoms with Crippen molar-refractivity contribution in [1.29, 1.82) is 0 Å². The molecule has 2 aromatic heterocycles. The number of ether oxygens (including phenoxy) is 1. The van der Waals surface area contributed by atoms with Gasteiger partial charge in [0.15, 0.2) is 10.2 Å². The van der Waals surface area contributed by atoms with E-state index in [0.29, 0.717) is 24.5 Å². The number of sulfonamides is 1. The molecule has 0 saturated carbocycles. The number of pyridine rings is 1. The fraction of sp³-hybridized carbons (Fsp3) is 0.133. The SMILES string of the molecule is O=S(=O)(Nc1ccc2c(c1)COC2)c1c(Cl)nc2ccccn12. The molecule has 0 unspecified atom stereocenters. The quantitative estimate of drug-likeness (QED) is 0.789. The van der Waals surface area contributed by atoms with Crippen LogP contribution in [0.25, 0.3) is 5.65 Å². The van der Waals surface area contributed by atoms with E-state index >= 15 is 0 Å². The molecule has 0 atom stereocenters. The van der Waals surface area contributed by atoms with Crippen LogP contribution in [-0.2, 0) is 28.0 Å². The fourth-order valence-electron chi connectivity index (χ4n) is 2.62. The van der Waals surface area contributed by atoms with Crippen LogP contribution in [-0.4, -0.2) is 17.8 Å². The zero-order valence-electron chi connectivity index (χ0n) is 11.9. The fourth-order valence-corrected chi connectivity index (χ4v) is 4.32. The molecule has 3 heterocycles. The maximum Gasteiger partial charge on any atom is 0.281 e. The molecule has 1 N–H and O–H groups in total. The van der Waals surface area contributed by atoms with E-state index in [9.17, 15) is 8.42 Å². The zero-order chi connectivity index (χ0) is 16.0. The minimum absolute atomic E-state index is 0.0619. The van der Waals surface area contributed by atoms with Gasteiger partial charge in [-0.2, -0.15) is 8.42 Å². The lowest BCUT2D eigenvalue weighted by atomic mass is 10.1. The number of halogens is 1. The van der Waals surface area contributed by atoms with E-state index in [-0.39, 0.29) is 10.2 Å². The highest BCUT2D eigenvalue weighted by Crippen LogP contribution is 2.27. The van der Waals surface area contributed by atoms with Gasteiger partial charge in [-0.15, -0.1) is 0 Å². The van der Waals surface area contributed by atoms with Gasteiger partial charge in [0.1, 0.15) is 5.65 Å². The number of hydrogen-bond acceptors (Lipinski definition) is 4. The molecule has 0 amide bonds. The van der Waals surface area contributed by atoms with E-state index in [1.54, 1.807) is 36.5 Å². The Kier molecular flexibility index (Phi) is 3.29. The maximum atomic E-state index is 12.7. The van der Waals surface area contributed by atoms with E-state index in [2.05, 4.69) is 9.71 Å². The smallest absolute Gasteiger partial charge is 0.281 e. The van der Waals surface area contributed by atoms with Crippen molar-refractivity contribution in [3.05, 3.63) is 58.9 Å². The van der Waals surface area contributed by atoms with Crippen molar-refractivity contribution < 1.29 is 13.2 Å². The summed E-state index contributed by atoms with van der Waals surface area (Å²) in [5, 5.41) is -0.139. The summed E-state index contributed by atoms with van der Waals surface area (Å²) in [6.45, 7) is 1.04. The van der Waals surface area contributed by atoms with Crippen LogP contribution in [0.15, 0.2) is 47.6 Å². The average Bonchev–Trinajstić information content (AvgIpc) is 3.09.